The van der Waals surface area contributed by atoms with Gasteiger partial charge in [-0.15, -0.1) is 22.9 Å². The smallest absolute Gasteiger partial charge is 0.207 e. The molecule has 0 aliphatic heterocycles. The molecular formula is C10H14Cl3NO2S2. The summed E-state index contributed by atoms with van der Waals surface area (Å²) >= 11 is 18.3. The van der Waals surface area contributed by atoms with E-state index < -0.39 is 15.6 Å². The Morgan fingerprint density at radius 2 is 2.06 bits per heavy atom. The summed E-state index contributed by atoms with van der Waals surface area (Å²) < 4.78 is 27.6. The molecule has 0 aliphatic rings. The molecule has 1 N–H and O–H groups in total. The van der Waals surface area contributed by atoms with Crippen molar-refractivity contribution in [1.29, 1.82) is 0 Å². The highest BCUT2D eigenvalue weighted by Crippen LogP contribution is 2.35. The second-order valence-corrected chi connectivity index (χ2v) is 8.46. The van der Waals surface area contributed by atoms with Crippen molar-refractivity contribution in [3.05, 3.63) is 14.7 Å². The lowest BCUT2D eigenvalue weighted by molar-refractivity contribution is 0.391. The van der Waals surface area contributed by atoms with Gasteiger partial charge < -0.3 is 0 Å². The number of halogens is 3. The lowest BCUT2D eigenvalue weighted by Crippen LogP contribution is -2.45. The Hall–Kier alpha value is 0.480. The van der Waals surface area contributed by atoms with Gasteiger partial charge in [-0.25, -0.2) is 13.1 Å². The molecule has 1 aromatic rings. The van der Waals surface area contributed by atoms with Gasteiger partial charge in [0.2, 0.25) is 10.0 Å². The van der Waals surface area contributed by atoms with Crippen molar-refractivity contribution in [3.8, 4) is 0 Å². The summed E-state index contributed by atoms with van der Waals surface area (Å²) in [5.41, 5.74) is -0.585. The zero-order chi connectivity index (χ0) is 14.0. The fourth-order valence-electron chi connectivity index (χ4n) is 1.40. The molecule has 1 aromatic heterocycles. The molecule has 1 atom stereocenters. The molecule has 104 valence electrons. The summed E-state index contributed by atoms with van der Waals surface area (Å²) in [4.78, 5) is 0.0217. The first-order chi connectivity index (χ1) is 8.24. The topological polar surface area (TPSA) is 46.2 Å². The van der Waals surface area contributed by atoms with Crippen LogP contribution in [0.4, 0.5) is 0 Å². The van der Waals surface area contributed by atoms with Gasteiger partial charge in [0, 0.05) is 11.4 Å². The highest BCUT2D eigenvalue weighted by Gasteiger charge is 2.30. The van der Waals surface area contributed by atoms with Gasteiger partial charge in [-0.1, -0.05) is 30.1 Å². The number of thiophene rings is 1. The van der Waals surface area contributed by atoms with Crippen LogP contribution in [-0.2, 0) is 10.0 Å². The molecule has 0 aliphatic carbocycles. The van der Waals surface area contributed by atoms with Crippen LogP contribution < -0.4 is 4.72 Å². The lowest BCUT2D eigenvalue weighted by Gasteiger charge is -2.28. The van der Waals surface area contributed by atoms with Gasteiger partial charge in [-0.05, 0) is 25.8 Å². The van der Waals surface area contributed by atoms with Gasteiger partial charge in [0.25, 0.3) is 0 Å². The van der Waals surface area contributed by atoms with Crippen LogP contribution in [0.2, 0.25) is 8.67 Å². The molecule has 0 spiro atoms. The molecule has 0 fully saturated rings. The number of sulfonamides is 1. The summed E-state index contributed by atoms with van der Waals surface area (Å²) in [6.07, 6.45) is 1.17. The van der Waals surface area contributed by atoms with E-state index >= 15 is 0 Å². The number of nitrogens with one attached hydrogen (secondary N) is 1. The molecule has 1 heterocycles. The van der Waals surface area contributed by atoms with Gasteiger partial charge >= 0.3 is 0 Å². The summed E-state index contributed by atoms with van der Waals surface area (Å²) in [5.74, 6) is 0.380. The molecule has 1 rings (SSSR count). The molecule has 0 aromatic carbocycles. The van der Waals surface area contributed by atoms with E-state index in [1.165, 1.54) is 6.07 Å². The molecule has 0 saturated carbocycles. The van der Waals surface area contributed by atoms with Crippen molar-refractivity contribution in [2.45, 2.75) is 37.1 Å². The van der Waals surface area contributed by atoms with Crippen LogP contribution in [0.3, 0.4) is 0 Å². The predicted molar refractivity (Wildman–Crippen MR) is 78.7 cm³/mol. The number of rotatable bonds is 6. The molecule has 0 bridgehead atoms. The highest BCUT2D eigenvalue weighted by atomic mass is 35.5. The molecule has 0 radical (unpaired) electrons. The average molecular weight is 351 g/mol. The standard InChI is InChI=1S/C10H14Cl3NO2S2/c1-3-10(2,4-5-11)14-18(15,16)7-6-8(12)17-9(7)13/h6,14H,3-5H2,1-2H3. The predicted octanol–water partition coefficient (Wildman–Crippen LogP) is 4.13. The van der Waals surface area contributed by atoms with Crippen LogP contribution in [0.25, 0.3) is 0 Å². The van der Waals surface area contributed by atoms with E-state index in [2.05, 4.69) is 4.72 Å². The summed E-state index contributed by atoms with van der Waals surface area (Å²) in [6.45, 7) is 3.71. The molecular weight excluding hydrogens is 337 g/mol. The second kappa shape index (κ2) is 6.29. The van der Waals surface area contributed by atoms with E-state index in [9.17, 15) is 8.42 Å². The van der Waals surface area contributed by atoms with Gasteiger partial charge in [0.05, 0.1) is 4.34 Å². The largest absolute Gasteiger partial charge is 0.243 e. The minimum atomic E-state index is -3.68. The fraction of sp³-hybridized carbons (Fsp3) is 0.600. The molecule has 0 saturated heterocycles. The van der Waals surface area contributed by atoms with Gasteiger partial charge in [0.15, 0.2) is 0 Å². The average Bonchev–Trinajstić information content (AvgIpc) is 2.58. The van der Waals surface area contributed by atoms with Crippen LogP contribution in [0, 0.1) is 0 Å². The second-order valence-electron chi connectivity index (χ2n) is 4.15. The summed E-state index contributed by atoms with van der Waals surface area (Å²) in [5, 5.41) is 0. The Morgan fingerprint density at radius 3 is 2.44 bits per heavy atom. The van der Waals surface area contributed by atoms with Crippen molar-refractivity contribution in [2.24, 2.45) is 0 Å². The monoisotopic (exact) mass is 349 g/mol. The van der Waals surface area contributed by atoms with Crippen molar-refractivity contribution < 1.29 is 8.42 Å². The highest BCUT2D eigenvalue weighted by molar-refractivity contribution is 7.89. The van der Waals surface area contributed by atoms with E-state index in [1.54, 1.807) is 0 Å². The van der Waals surface area contributed by atoms with E-state index in [-0.39, 0.29) is 9.23 Å². The number of hydrogen-bond acceptors (Lipinski definition) is 3. The van der Waals surface area contributed by atoms with E-state index in [0.29, 0.717) is 23.1 Å². The summed E-state index contributed by atoms with van der Waals surface area (Å²) in [6, 6.07) is 1.35. The third-order valence-electron chi connectivity index (χ3n) is 2.72. The van der Waals surface area contributed by atoms with Crippen molar-refractivity contribution in [3.63, 3.8) is 0 Å². The first-order valence-corrected chi connectivity index (χ1v) is 8.88. The van der Waals surface area contributed by atoms with Crippen LogP contribution in [0.15, 0.2) is 11.0 Å². The van der Waals surface area contributed by atoms with Gasteiger partial charge in [-0.2, -0.15) is 0 Å². The van der Waals surface area contributed by atoms with Gasteiger partial charge in [-0.3, -0.25) is 0 Å². The van der Waals surface area contributed by atoms with Gasteiger partial charge in [0.1, 0.15) is 9.23 Å². The molecule has 8 heteroatoms. The van der Waals surface area contributed by atoms with E-state index in [1.807, 2.05) is 13.8 Å². The minimum Gasteiger partial charge on any atom is -0.207 e. The van der Waals surface area contributed by atoms with Crippen LogP contribution >= 0.6 is 46.1 Å². The number of alkyl halides is 1. The maximum Gasteiger partial charge on any atom is 0.243 e. The quantitative estimate of drug-likeness (QED) is 0.784. The summed E-state index contributed by atoms with van der Waals surface area (Å²) in [7, 11) is -3.68. The zero-order valence-electron chi connectivity index (χ0n) is 9.97. The third kappa shape index (κ3) is 3.99. The Balaban J connectivity index is 3.05. The van der Waals surface area contributed by atoms with Crippen molar-refractivity contribution in [2.75, 3.05) is 5.88 Å². The first-order valence-electron chi connectivity index (χ1n) is 5.29. The van der Waals surface area contributed by atoms with E-state index in [0.717, 1.165) is 11.3 Å². The van der Waals surface area contributed by atoms with Crippen LogP contribution in [0.1, 0.15) is 26.7 Å². The molecule has 1 unspecified atom stereocenters. The van der Waals surface area contributed by atoms with Crippen molar-refractivity contribution >= 4 is 56.2 Å². The Bertz CT molecular complexity index is 515. The Morgan fingerprint density at radius 1 is 1.44 bits per heavy atom. The van der Waals surface area contributed by atoms with E-state index in [4.69, 9.17) is 34.8 Å². The lowest BCUT2D eigenvalue weighted by atomic mass is 9.97. The maximum atomic E-state index is 12.2. The van der Waals surface area contributed by atoms with Crippen LogP contribution in [0.5, 0.6) is 0 Å². The zero-order valence-corrected chi connectivity index (χ0v) is 13.9. The first kappa shape index (κ1) is 16.5. The minimum absolute atomic E-state index is 0.0217. The van der Waals surface area contributed by atoms with Crippen molar-refractivity contribution in [1.82, 2.24) is 4.72 Å². The SMILES string of the molecule is CCC(C)(CCCl)NS(=O)(=O)c1cc(Cl)sc1Cl. The fourth-order valence-corrected chi connectivity index (χ4v) is 5.47. The maximum absolute atomic E-state index is 12.2. The Labute approximate surface area is 126 Å². The molecule has 3 nitrogen and oxygen atoms in total. The normalized spacial score (nSPS) is 15.6. The molecule has 18 heavy (non-hydrogen) atoms. The third-order valence-corrected chi connectivity index (χ3v) is 6.30. The molecule has 0 amide bonds. The van der Waals surface area contributed by atoms with Crippen LogP contribution in [-0.4, -0.2) is 19.8 Å². The Kier molecular flexibility index (Phi) is 5.77. The number of hydrogen-bond donors (Lipinski definition) is 1.